The molecule has 0 amide bonds. The Balaban J connectivity index is 0.00000243. The van der Waals surface area contributed by atoms with E-state index in [1.54, 1.807) is 0 Å². The number of fused-ring (bicyclic) bond motifs is 1. The zero-order valence-corrected chi connectivity index (χ0v) is 15.7. The largest absolute Gasteiger partial charge is 0.394 e. The zero-order chi connectivity index (χ0) is 17.8. The molecule has 0 spiro atoms. The first-order chi connectivity index (χ1) is 12.1. The summed E-state index contributed by atoms with van der Waals surface area (Å²) < 4.78 is 0. The number of rotatable bonds is 6. The number of benzene rings is 2. The smallest absolute Gasteiger partial charge is 0.0942 e. The van der Waals surface area contributed by atoms with E-state index in [1.165, 1.54) is 0 Å². The van der Waals surface area contributed by atoms with E-state index in [2.05, 4.69) is 34.5 Å². The molecule has 5 nitrogen and oxygen atoms in total. The van der Waals surface area contributed by atoms with E-state index in [0.717, 1.165) is 33.5 Å². The van der Waals surface area contributed by atoms with Gasteiger partial charge in [0.15, 0.2) is 0 Å². The maximum absolute atomic E-state index is 9.63. The van der Waals surface area contributed by atoms with Crippen LogP contribution < -0.4 is 10.2 Å². The molecule has 3 N–H and O–H groups in total. The van der Waals surface area contributed by atoms with E-state index in [-0.39, 0.29) is 25.6 Å². The fraction of sp³-hybridized carbons (Fsp3) is 0.250. The molecule has 6 heteroatoms. The Kier molecular flexibility index (Phi) is 6.80. The second-order valence-corrected chi connectivity index (χ2v) is 6.23. The van der Waals surface area contributed by atoms with Crippen molar-refractivity contribution in [3.05, 3.63) is 54.6 Å². The topological polar surface area (TPSA) is 68.6 Å². The predicted molar refractivity (Wildman–Crippen MR) is 110 cm³/mol. The van der Waals surface area contributed by atoms with E-state index >= 15 is 0 Å². The quantitative estimate of drug-likeness (QED) is 0.619. The number of nitrogens with one attached hydrogen (secondary N) is 1. The summed E-state index contributed by atoms with van der Waals surface area (Å²) in [5, 5.41) is 22.9. The molecule has 2 aromatic carbocycles. The van der Waals surface area contributed by atoms with E-state index in [1.807, 2.05) is 44.4 Å². The third-order valence-electron chi connectivity index (χ3n) is 4.13. The molecule has 0 saturated heterocycles. The van der Waals surface area contributed by atoms with Gasteiger partial charge < -0.3 is 20.4 Å². The minimum Gasteiger partial charge on any atom is -0.394 e. The number of anilines is 2. The van der Waals surface area contributed by atoms with Crippen LogP contribution in [0.5, 0.6) is 0 Å². The Morgan fingerprint density at radius 2 is 1.77 bits per heavy atom. The number of pyridine rings is 1. The highest BCUT2D eigenvalue weighted by Gasteiger charge is 2.09. The molecule has 0 fully saturated rings. The highest BCUT2D eigenvalue weighted by Crippen LogP contribution is 2.29. The number of aromatic nitrogens is 1. The molecule has 3 aromatic rings. The number of aliphatic hydroxyl groups excluding tert-OH is 2. The summed E-state index contributed by atoms with van der Waals surface area (Å²) in [6, 6.07) is 18.1. The Labute approximate surface area is 159 Å². The van der Waals surface area contributed by atoms with Gasteiger partial charge in [-0.2, -0.15) is 0 Å². The average molecular weight is 374 g/mol. The first-order valence-electron chi connectivity index (χ1n) is 8.29. The van der Waals surface area contributed by atoms with Crippen molar-refractivity contribution in [3.8, 4) is 11.3 Å². The van der Waals surface area contributed by atoms with Crippen LogP contribution in [0.2, 0.25) is 0 Å². The van der Waals surface area contributed by atoms with Gasteiger partial charge >= 0.3 is 0 Å². The van der Waals surface area contributed by atoms with Gasteiger partial charge in [0.1, 0.15) is 0 Å². The molecule has 0 aliphatic carbocycles. The molecular formula is C20H24ClN3O2. The summed E-state index contributed by atoms with van der Waals surface area (Å²) in [7, 11) is 4.02. The molecule has 0 saturated carbocycles. The second-order valence-electron chi connectivity index (χ2n) is 6.23. The van der Waals surface area contributed by atoms with Crippen LogP contribution in [0.25, 0.3) is 22.2 Å². The molecule has 138 valence electrons. The molecule has 0 bridgehead atoms. The summed E-state index contributed by atoms with van der Waals surface area (Å²) in [6.07, 6.45) is -0.797. The fourth-order valence-electron chi connectivity index (χ4n) is 2.69. The monoisotopic (exact) mass is 373 g/mol. The lowest BCUT2D eigenvalue weighted by atomic mass is 10.1. The molecule has 3 rings (SSSR count). The Hall–Kier alpha value is -2.34. The summed E-state index contributed by atoms with van der Waals surface area (Å²) in [5.41, 5.74) is 4.81. The van der Waals surface area contributed by atoms with Crippen molar-refractivity contribution in [1.82, 2.24) is 4.98 Å². The number of aliphatic hydroxyl groups is 2. The normalized spacial score (nSPS) is 11.7. The van der Waals surface area contributed by atoms with Gasteiger partial charge in [-0.15, -0.1) is 12.4 Å². The van der Waals surface area contributed by atoms with Gasteiger partial charge in [0.2, 0.25) is 0 Å². The van der Waals surface area contributed by atoms with Crippen LogP contribution in [0.15, 0.2) is 54.6 Å². The number of hydrogen-bond donors (Lipinski definition) is 3. The van der Waals surface area contributed by atoms with Gasteiger partial charge in [-0.1, -0.05) is 30.3 Å². The van der Waals surface area contributed by atoms with E-state index < -0.39 is 6.10 Å². The van der Waals surface area contributed by atoms with Crippen molar-refractivity contribution in [2.24, 2.45) is 0 Å². The van der Waals surface area contributed by atoms with Crippen LogP contribution in [-0.2, 0) is 0 Å². The molecule has 1 heterocycles. The highest BCUT2D eigenvalue weighted by atomic mass is 35.5. The van der Waals surface area contributed by atoms with Crippen molar-refractivity contribution in [1.29, 1.82) is 0 Å². The highest BCUT2D eigenvalue weighted by molar-refractivity contribution is 5.93. The molecule has 0 aliphatic heterocycles. The van der Waals surface area contributed by atoms with Gasteiger partial charge in [-0.3, -0.25) is 0 Å². The number of nitrogens with zero attached hydrogens (tertiary/aromatic N) is 2. The standard InChI is InChI=1S/C20H23N3O2.ClH/c1-23(2)15-9-7-14(8-10-15)19-11-20(21-12-16(25)13-24)17-5-3-4-6-18(17)22-19;/h3-11,16,24-25H,12-13H2,1-2H3,(H,21,22);1H/t16-;/m0./s1. The van der Waals surface area contributed by atoms with Crippen LogP contribution >= 0.6 is 12.4 Å². The zero-order valence-electron chi connectivity index (χ0n) is 14.9. The third-order valence-corrected chi connectivity index (χ3v) is 4.13. The lowest BCUT2D eigenvalue weighted by Crippen LogP contribution is -2.23. The number of para-hydroxylation sites is 1. The first kappa shape index (κ1) is 20.0. The maximum atomic E-state index is 9.63. The molecule has 0 aliphatic rings. The summed E-state index contributed by atoms with van der Waals surface area (Å²) in [4.78, 5) is 6.82. The summed E-state index contributed by atoms with van der Waals surface area (Å²) in [6.45, 7) is 0.0123. The van der Waals surface area contributed by atoms with Gasteiger partial charge in [0.05, 0.1) is 23.9 Å². The van der Waals surface area contributed by atoms with Crippen LogP contribution in [0.4, 0.5) is 11.4 Å². The lowest BCUT2D eigenvalue weighted by molar-refractivity contribution is 0.105. The number of hydrogen-bond acceptors (Lipinski definition) is 5. The Morgan fingerprint density at radius 3 is 2.42 bits per heavy atom. The lowest BCUT2D eigenvalue weighted by Gasteiger charge is -2.15. The Bertz CT molecular complexity index is 853. The van der Waals surface area contributed by atoms with Crippen molar-refractivity contribution >= 4 is 34.7 Å². The van der Waals surface area contributed by atoms with Crippen molar-refractivity contribution in [3.63, 3.8) is 0 Å². The SMILES string of the molecule is CN(C)c1ccc(-c2cc(NC[C@H](O)CO)c3ccccc3n2)cc1.Cl. The minimum atomic E-state index is -0.797. The average Bonchev–Trinajstić information content (AvgIpc) is 2.65. The van der Waals surface area contributed by atoms with Gasteiger partial charge in [-0.05, 0) is 24.3 Å². The van der Waals surface area contributed by atoms with Gasteiger partial charge in [0, 0.05) is 43.0 Å². The van der Waals surface area contributed by atoms with Crippen LogP contribution in [0.3, 0.4) is 0 Å². The molecular weight excluding hydrogens is 350 g/mol. The van der Waals surface area contributed by atoms with Gasteiger partial charge in [0.25, 0.3) is 0 Å². The molecule has 1 aromatic heterocycles. The van der Waals surface area contributed by atoms with Crippen LogP contribution in [0.1, 0.15) is 0 Å². The van der Waals surface area contributed by atoms with Crippen molar-refractivity contribution in [2.45, 2.75) is 6.10 Å². The molecule has 0 radical (unpaired) electrons. The van der Waals surface area contributed by atoms with Crippen molar-refractivity contribution in [2.75, 3.05) is 37.5 Å². The second kappa shape index (κ2) is 8.85. The first-order valence-corrected chi connectivity index (χ1v) is 8.29. The molecule has 26 heavy (non-hydrogen) atoms. The minimum absolute atomic E-state index is 0. The van der Waals surface area contributed by atoms with E-state index in [4.69, 9.17) is 10.1 Å². The van der Waals surface area contributed by atoms with Gasteiger partial charge in [-0.25, -0.2) is 4.98 Å². The predicted octanol–water partition coefficient (Wildman–Crippen LogP) is 3.15. The summed E-state index contributed by atoms with van der Waals surface area (Å²) >= 11 is 0. The van der Waals surface area contributed by atoms with Crippen molar-refractivity contribution < 1.29 is 10.2 Å². The van der Waals surface area contributed by atoms with E-state index in [9.17, 15) is 5.11 Å². The Morgan fingerprint density at radius 1 is 1.08 bits per heavy atom. The van der Waals surface area contributed by atoms with E-state index in [0.29, 0.717) is 0 Å². The fourth-order valence-corrected chi connectivity index (χ4v) is 2.69. The maximum Gasteiger partial charge on any atom is 0.0942 e. The third kappa shape index (κ3) is 4.43. The van der Waals surface area contributed by atoms with Crippen LogP contribution in [-0.4, -0.2) is 48.5 Å². The molecule has 1 atom stereocenters. The van der Waals surface area contributed by atoms with Crippen LogP contribution in [0, 0.1) is 0 Å². The molecule has 0 unspecified atom stereocenters. The summed E-state index contributed by atoms with van der Waals surface area (Å²) in [5.74, 6) is 0. The number of halogens is 1.